The molecule has 0 aliphatic carbocycles. The van der Waals surface area contributed by atoms with Crippen molar-refractivity contribution in [2.75, 3.05) is 24.3 Å². The van der Waals surface area contributed by atoms with Crippen molar-refractivity contribution in [2.45, 2.75) is 0 Å². The number of nitrogens with zero attached hydrogens (tertiary/aromatic N) is 1. The van der Waals surface area contributed by atoms with E-state index < -0.39 is 0 Å². The van der Waals surface area contributed by atoms with Crippen LogP contribution in [0.5, 0.6) is 0 Å². The fraction of sp³-hybridized carbons (Fsp3) is 0.125. The molecule has 0 saturated carbocycles. The molecule has 0 atom stereocenters. The molecule has 0 heterocycles. The van der Waals surface area contributed by atoms with Crippen LogP contribution in [0.2, 0.25) is 0 Å². The summed E-state index contributed by atoms with van der Waals surface area (Å²) in [5.41, 5.74) is 8.49. The summed E-state index contributed by atoms with van der Waals surface area (Å²) >= 11 is 4.93. The van der Waals surface area contributed by atoms with Crippen LogP contribution in [0.4, 0.5) is 11.4 Å². The van der Waals surface area contributed by atoms with Crippen LogP contribution in [0.15, 0.2) is 48.5 Å². The van der Waals surface area contributed by atoms with Crippen LogP contribution in [0.1, 0.15) is 15.9 Å². The fourth-order valence-corrected chi connectivity index (χ4v) is 2.10. The van der Waals surface area contributed by atoms with Gasteiger partial charge in [-0.3, -0.25) is 4.79 Å². The Balaban J connectivity index is 2.26. The highest BCUT2D eigenvalue weighted by Crippen LogP contribution is 2.24. The molecule has 1 amide bonds. The SMILES string of the molecule is CN(C)c1ccccc1NC(=O)c1cccc(C(N)=S)c1. The van der Waals surface area contributed by atoms with E-state index in [1.54, 1.807) is 24.3 Å². The molecule has 0 aliphatic rings. The number of nitrogens with two attached hydrogens (primary N) is 1. The second kappa shape index (κ2) is 6.37. The topological polar surface area (TPSA) is 58.4 Å². The number of thiocarbonyl (C=S) groups is 1. The van der Waals surface area contributed by atoms with Crippen LogP contribution >= 0.6 is 12.2 Å². The van der Waals surface area contributed by atoms with E-state index in [0.29, 0.717) is 11.1 Å². The van der Waals surface area contributed by atoms with E-state index in [2.05, 4.69) is 5.32 Å². The first-order valence-corrected chi connectivity index (χ1v) is 6.87. The van der Waals surface area contributed by atoms with Crippen LogP contribution in [0.25, 0.3) is 0 Å². The van der Waals surface area contributed by atoms with Crippen molar-refractivity contribution < 1.29 is 4.79 Å². The predicted molar refractivity (Wildman–Crippen MR) is 91.1 cm³/mol. The third-order valence-corrected chi connectivity index (χ3v) is 3.28. The highest BCUT2D eigenvalue weighted by molar-refractivity contribution is 7.80. The van der Waals surface area contributed by atoms with E-state index in [0.717, 1.165) is 11.4 Å². The van der Waals surface area contributed by atoms with Crippen molar-refractivity contribution in [2.24, 2.45) is 5.73 Å². The van der Waals surface area contributed by atoms with Gasteiger partial charge in [0.1, 0.15) is 4.99 Å². The molecule has 108 valence electrons. The van der Waals surface area contributed by atoms with Gasteiger partial charge in [0.25, 0.3) is 5.91 Å². The maximum atomic E-state index is 12.4. The number of carbonyl (C=O) groups is 1. The molecule has 0 aliphatic heterocycles. The summed E-state index contributed by atoms with van der Waals surface area (Å²) in [6, 6.07) is 14.6. The van der Waals surface area contributed by atoms with Gasteiger partial charge in [-0.2, -0.15) is 0 Å². The maximum Gasteiger partial charge on any atom is 0.255 e. The largest absolute Gasteiger partial charge is 0.389 e. The van der Waals surface area contributed by atoms with Crippen LogP contribution in [0, 0.1) is 0 Å². The molecule has 3 N–H and O–H groups in total. The Kier molecular flexibility index (Phi) is 4.55. The van der Waals surface area contributed by atoms with Gasteiger partial charge in [0.05, 0.1) is 11.4 Å². The first-order valence-electron chi connectivity index (χ1n) is 6.46. The minimum Gasteiger partial charge on any atom is -0.389 e. The zero-order valence-electron chi connectivity index (χ0n) is 12.0. The zero-order chi connectivity index (χ0) is 15.4. The lowest BCUT2D eigenvalue weighted by atomic mass is 10.1. The van der Waals surface area contributed by atoms with E-state index in [1.807, 2.05) is 43.3 Å². The van der Waals surface area contributed by atoms with Gasteiger partial charge in [0, 0.05) is 25.2 Å². The molecule has 0 radical (unpaired) electrons. The Labute approximate surface area is 129 Å². The number of para-hydroxylation sites is 2. The Hall–Kier alpha value is -2.40. The zero-order valence-corrected chi connectivity index (χ0v) is 12.8. The smallest absolute Gasteiger partial charge is 0.255 e. The van der Waals surface area contributed by atoms with Crippen LogP contribution in [-0.2, 0) is 0 Å². The first-order chi connectivity index (χ1) is 9.99. The summed E-state index contributed by atoms with van der Waals surface area (Å²) in [7, 11) is 3.86. The van der Waals surface area contributed by atoms with Crippen molar-refractivity contribution in [1.29, 1.82) is 0 Å². The fourth-order valence-electron chi connectivity index (χ4n) is 1.98. The van der Waals surface area contributed by atoms with E-state index in [1.165, 1.54) is 0 Å². The molecular formula is C16H17N3OS. The molecule has 2 rings (SSSR count). The quantitative estimate of drug-likeness (QED) is 0.852. The van der Waals surface area contributed by atoms with Gasteiger partial charge in [0.15, 0.2) is 0 Å². The lowest BCUT2D eigenvalue weighted by Gasteiger charge is -2.17. The van der Waals surface area contributed by atoms with Gasteiger partial charge >= 0.3 is 0 Å². The highest BCUT2D eigenvalue weighted by atomic mass is 32.1. The van der Waals surface area contributed by atoms with Gasteiger partial charge in [0.2, 0.25) is 0 Å². The Morgan fingerprint density at radius 1 is 1.10 bits per heavy atom. The van der Waals surface area contributed by atoms with Crippen LogP contribution in [0.3, 0.4) is 0 Å². The number of carbonyl (C=O) groups excluding carboxylic acids is 1. The third kappa shape index (κ3) is 3.58. The summed E-state index contributed by atoms with van der Waals surface area (Å²) < 4.78 is 0. The monoisotopic (exact) mass is 299 g/mol. The molecule has 0 spiro atoms. The van der Waals surface area contributed by atoms with Gasteiger partial charge in [-0.1, -0.05) is 36.5 Å². The summed E-state index contributed by atoms with van der Waals surface area (Å²) in [5, 5.41) is 2.91. The van der Waals surface area contributed by atoms with Crippen molar-refractivity contribution in [3.63, 3.8) is 0 Å². The predicted octanol–water partition coefficient (Wildman–Crippen LogP) is 2.64. The summed E-state index contributed by atoms with van der Waals surface area (Å²) in [6.45, 7) is 0. The van der Waals surface area contributed by atoms with Crippen LogP contribution < -0.4 is 16.0 Å². The number of amides is 1. The van der Waals surface area contributed by atoms with Gasteiger partial charge in [-0.25, -0.2) is 0 Å². The van der Waals surface area contributed by atoms with Gasteiger partial charge in [-0.05, 0) is 24.3 Å². The number of hydrogen-bond acceptors (Lipinski definition) is 3. The second-order valence-corrected chi connectivity index (χ2v) is 5.25. The molecule has 0 saturated heterocycles. The summed E-state index contributed by atoms with van der Waals surface area (Å²) in [6.07, 6.45) is 0. The Morgan fingerprint density at radius 2 is 1.76 bits per heavy atom. The van der Waals surface area contributed by atoms with Crippen molar-refractivity contribution in [1.82, 2.24) is 0 Å². The average Bonchev–Trinajstić information content (AvgIpc) is 2.47. The lowest BCUT2D eigenvalue weighted by Crippen LogP contribution is -2.17. The van der Waals surface area contributed by atoms with E-state index in [9.17, 15) is 4.79 Å². The minimum absolute atomic E-state index is 0.192. The lowest BCUT2D eigenvalue weighted by molar-refractivity contribution is 0.102. The molecule has 0 aromatic heterocycles. The van der Waals surface area contributed by atoms with Crippen molar-refractivity contribution in [3.8, 4) is 0 Å². The average molecular weight is 299 g/mol. The molecule has 0 bridgehead atoms. The highest BCUT2D eigenvalue weighted by Gasteiger charge is 2.10. The van der Waals surface area contributed by atoms with E-state index in [4.69, 9.17) is 18.0 Å². The number of nitrogens with one attached hydrogen (secondary N) is 1. The molecule has 21 heavy (non-hydrogen) atoms. The number of rotatable bonds is 4. The van der Waals surface area contributed by atoms with Gasteiger partial charge < -0.3 is 16.0 Å². The van der Waals surface area contributed by atoms with Crippen LogP contribution in [-0.4, -0.2) is 25.0 Å². The summed E-state index contributed by atoms with van der Waals surface area (Å²) in [4.78, 5) is 14.6. The normalized spacial score (nSPS) is 10.0. The standard InChI is InChI=1S/C16H17N3OS/c1-19(2)14-9-4-3-8-13(14)18-16(20)12-7-5-6-11(10-12)15(17)21/h3-10H,1-2H3,(H2,17,21)(H,18,20). The molecule has 4 nitrogen and oxygen atoms in total. The molecule has 5 heteroatoms. The second-order valence-electron chi connectivity index (χ2n) is 4.81. The van der Waals surface area contributed by atoms with Crippen molar-refractivity contribution in [3.05, 3.63) is 59.7 Å². The third-order valence-electron chi connectivity index (χ3n) is 3.04. The van der Waals surface area contributed by atoms with Crippen molar-refractivity contribution >= 4 is 34.5 Å². The Morgan fingerprint density at radius 3 is 2.43 bits per heavy atom. The first kappa shape index (κ1) is 15.0. The minimum atomic E-state index is -0.192. The number of anilines is 2. The van der Waals surface area contributed by atoms with E-state index >= 15 is 0 Å². The number of benzene rings is 2. The summed E-state index contributed by atoms with van der Waals surface area (Å²) in [5.74, 6) is -0.192. The van der Waals surface area contributed by atoms with E-state index in [-0.39, 0.29) is 10.9 Å². The Bertz CT molecular complexity index is 683. The molecule has 2 aromatic carbocycles. The molecule has 0 unspecified atom stereocenters. The number of hydrogen-bond donors (Lipinski definition) is 2. The maximum absolute atomic E-state index is 12.4. The molecule has 2 aromatic rings. The van der Waals surface area contributed by atoms with Gasteiger partial charge in [-0.15, -0.1) is 0 Å². The molecular weight excluding hydrogens is 282 g/mol. The molecule has 0 fully saturated rings.